The van der Waals surface area contributed by atoms with E-state index in [1.807, 2.05) is 12.1 Å². The number of carbonyl (C=O) groups is 4. The van der Waals surface area contributed by atoms with Gasteiger partial charge in [-0.3, -0.25) is 14.4 Å². The molecule has 12 saturated carbocycles. The van der Waals surface area contributed by atoms with Crippen LogP contribution in [-0.2, 0) is 48.2 Å². The Morgan fingerprint density at radius 1 is 0.679 bits per heavy atom. The molecule has 12 fully saturated rings. The summed E-state index contributed by atoms with van der Waals surface area (Å²) in [6.07, 6.45) is 12.5. The average molecular weight is 1170 g/mol. The lowest BCUT2D eigenvalue weighted by Gasteiger charge is -2.59. The van der Waals surface area contributed by atoms with Crippen molar-refractivity contribution in [1.29, 1.82) is 0 Å². The fraction of sp³-hybridized carbons (Fsp3) is 0.645. The van der Waals surface area contributed by atoms with Crippen LogP contribution in [0.3, 0.4) is 0 Å². The Balaban J connectivity index is 0.000000210. The van der Waals surface area contributed by atoms with Crippen LogP contribution in [0.25, 0.3) is 25.1 Å². The molecule has 16 rings (SSSR count). The summed E-state index contributed by atoms with van der Waals surface area (Å²) in [5.41, 5.74) is -2.51. The molecule has 3 unspecified atom stereocenters. The van der Waals surface area contributed by atoms with Crippen molar-refractivity contribution in [3.05, 3.63) is 72.3 Å². The van der Waals surface area contributed by atoms with Crippen LogP contribution in [0.15, 0.2) is 66.7 Å². The molecular formula is C62H72F4O13S2. The maximum atomic E-state index is 14.4. The van der Waals surface area contributed by atoms with Crippen LogP contribution in [-0.4, -0.2) is 90.3 Å². The van der Waals surface area contributed by atoms with Gasteiger partial charge in [-0.1, -0.05) is 24.3 Å². The molecule has 1 heterocycles. The first-order chi connectivity index (χ1) is 38.3. The molecule has 19 heteroatoms. The van der Waals surface area contributed by atoms with Gasteiger partial charge in [-0.2, -0.15) is 17.6 Å². The van der Waals surface area contributed by atoms with E-state index < -0.39 is 103 Å². The van der Waals surface area contributed by atoms with E-state index in [-0.39, 0.29) is 24.7 Å². The van der Waals surface area contributed by atoms with Crippen molar-refractivity contribution in [2.75, 3.05) is 20.3 Å². The summed E-state index contributed by atoms with van der Waals surface area (Å²) >= 11 is 0. The Labute approximate surface area is 472 Å². The lowest BCUT2D eigenvalue weighted by molar-refractivity contribution is -0.207. The van der Waals surface area contributed by atoms with E-state index in [1.165, 1.54) is 33.0 Å². The maximum Gasteiger partial charge on any atom is 0.396 e. The molecule has 0 amide bonds. The van der Waals surface area contributed by atoms with Crippen molar-refractivity contribution in [3.8, 4) is 10.6 Å². The van der Waals surface area contributed by atoms with E-state index in [4.69, 9.17) is 23.7 Å². The summed E-state index contributed by atoms with van der Waals surface area (Å²) in [4.78, 5) is 55.6. The van der Waals surface area contributed by atoms with E-state index in [2.05, 4.69) is 68.4 Å². The number of benzene rings is 3. The highest BCUT2D eigenvalue weighted by molar-refractivity contribution is 7.86. The van der Waals surface area contributed by atoms with Crippen molar-refractivity contribution < 1.29 is 78.5 Å². The summed E-state index contributed by atoms with van der Waals surface area (Å²) in [6.45, 7) is 2.58. The fourth-order valence-corrected chi connectivity index (χ4v) is 21.2. The zero-order valence-corrected chi connectivity index (χ0v) is 47.7. The fourth-order valence-electron chi connectivity index (χ4n) is 18.3. The SMILES string of the molecule is COc1ccc(-[s+]2c3ccccc3c3ccccc32)cc1C(CC(=O)OC1(C)C2CC3CC(C2)CC1C3)C(=O)OCC(=O)OC1(C)C2CC3CC(C2)CC1C3.O=C(OCCC(F)(F)C(F)(F)S(=O)(=O)[O-])C12CC3CC(CC(O)(C3)C1)C2. The minimum Gasteiger partial charge on any atom is -0.743 e. The Bertz CT molecular complexity index is 3140. The molecule has 0 spiro atoms. The van der Waals surface area contributed by atoms with Crippen molar-refractivity contribution in [3.63, 3.8) is 0 Å². The number of esters is 4. The third-order valence-electron chi connectivity index (χ3n) is 21.3. The van der Waals surface area contributed by atoms with Gasteiger partial charge >= 0.3 is 35.1 Å². The highest BCUT2D eigenvalue weighted by Gasteiger charge is 2.64. The Morgan fingerprint density at radius 2 is 1.16 bits per heavy atom. The van der Waals surface area contributed by atoms with Crippen molar-refractivity contribution >= 4 is 64.6 Å². The lowest BCUT2D eigenvalue weighted by Crippen LogP contribution is -2.58. The molecule has 0 radical (unpaired) electrons. The second kappa shape index (κ2) is 20.4. The predicted octanol–water partition coefficient (Wildman–Crippen LogP) is 12.3. The number of methoxy groups -OCH3 is 1. The molecule has 0 saturated heterocycles. The molecule has 12 aliphatic carbocycles. The van der Waals surface area contributed by atoms with Crippen LogP contribution in [0.2, 0.25) is 0 Å². The highest BCUT2D eigenvalue weighted by atomic mass is 32.2. The first kappa shape index (κ1) is 56.6. The van der Waals surface area contributed by atoms with E-state index in [0.717, 1.165) is 86.4 Å². The minimum absolute atomic E-state index is 0.130. The van der Waals surface area contributed by atoms with Gasteiger partial charge in [-0.15, -0.1) is 0 Å². The van der Waals surface area contributed by atoms with Gasteiger partial charge < -0.3 is 33.3 Å². The minimum atomic E-state index is -6.56. The molecule has 81 heavy (non-hydrogen) atoms. The number of ether oxygens (including phenoxy) is 5. The van der Waals surface area contributed by atoms with Crippen molar-refractivity contribution in [2.24, 2.45) is 64.6 Å². The van der Waals surface area contributed by atoms with Crippen LogP contribution >= 0.6 is 10.5 Å². The maximum absolute atomic E-state index is 14.4. The molecule has 12 bridgehead atoms. The zero-order valence-electron chi connectivity index (χ0n) is 46.0. The third-order valence-corrected chi connectivity index (χ3v) is 24.6. The summed E-state index contributed by atoms with van der Waals surface area (Å²) in [6, 6.07) is 22.9. The van der Waals surface area contributed by atoms with E-state index in [9.17, 15) is 54.8 Å². The van der Waals surface area contributed by atoms with Crippen molar-refractivity contribution in [2.45, 2.75) is 163 Å². The highest BCUT2D eigenvalue weighted by Crippen LogP contribution is 2.64. The molecule has 1 aromatic heterocycles. The second-order valence-electron chi connectivity index (χ2n) is 26.5. The van der Waals surface area contributed by atoms with Gasteiger partial charge in [0.25, 0.3) is 0 Å². The first-order valence-electron chi connectivity index (χ1n) is 29.1. The number of carbonyl (C=O) groups excluding carboxylic acids is 4. The van der Waals surface area contributed by atoms with Gasteiger partial charge in [0.15, 0.2) is 31.0 Å². The number of rotatable bonds is 16. The molecular weight excluding hydrogens is 1090 g/mol. The van der Waals surface area contributed by atoms with Crippen molar-refractivity contribution in [1.82, 2.24) is 0 Å². The molecule has 3 aromatic carbocycles. The van der Waals surface area contributed by atoms with Gasteiger partial charge in [0, 0.05) is 38.9 Å². The number of alkyl halides is 4. The molecule has 13 nitrogen and oxygen atoms in total. The quantitative estimate of drug-likeness (QED) is 0.0367. The summed E-state index contributed by atoms with van der Waals surface area (Å²) in [5, 5.41) is 7.15. The predicted molar refractivity (Wildman–Crippen MR) is 290 cm³/mol. The number of aliphatic hydroxyl groups is 1. The van der Waals surface area contributed by atoms with Crippen LogP contribution in [0.4, 0.5) is 17.6 Å². The Morgan fingerprint density at radius 3 is 1.64 bits per heavy atom. The molecule has 1 N–H and O–H groups in total. The number of hydrogen-bond acceptors (Lipinski definition) is 13. The van der Waals surface area contributed by atoms with Crippen LogP contribution < -0.4 is 4.74 Å². The van der Waals surface area contributed by atoms with E-state index >= 15 is 0 Å². The molecule has 12 aliphatic rings. The number of fused-ring (bicyclic) bond motifs is 3. The summed E-state index contributed by atoms with van der Waals surface area (Å²) in [5.74, 6) is -3.50. The standard InChI is InChI=1S/C47H53O7S.C15H20F4O6S/c1-46(31-16-27-14-28(18-31)19-32(46)17-27)53-43(48)25-39(45(50)52-26-44(49)54-47(2)33-20-29-15-30(22-33)23-34(47)21-29)38-24-35(12-13-40(38)51-3)55-41-10-6-4-8-36(41)37-9-5-7-11-42(37)55;16-14(17,15(18,19)26(22,23)24)1-2-25-11(20)12-4-9-3-10(5-12)7-13(21,6-9)8-12/h4-13,24,27-34,39H,14-23,25-26H2,1-3H3;9-10,21H,1-8H2,(H,22,23,24)/q+1;/p-1. The monoisotopic (exact) mass is 1160 g/mol. The summed E-state index contributed by atoms with van der Waals surface area (Å²) in [7, 11) is -5.42. The van der Waals surface area contributed by atoms with E-state index in [1.54, 1.807) is 7.11 Å². The molecule has 3 atom stereocenters. The van der Waals surface area contributed by atoms with Gasteiger partial charge in [-0.25, -0.2) is 13.2 Å². The van der Waals surface area contributed by atoms with Crippen LogP contribution in [0.5, 0.6) is 5.75 Å². The van der Waals surface area contributed by atoms with Crippen LogP contribution in [0.1, 0.15) is 141 Å². The third kappa shape index (κ3) is 10.0. The number of thiophene rings is 1. The van der Waals surface area contributed by atoms with Gasteiger partial charge in [-0.05, 0) is 206 Å². The number of hydrogen-bond donors (Lipinski definition) is 1. The Kier molecular flexibility index (Phi) is 14.3. The topological polar surface area (TPSA) is 192 Å². The van der Waals surface area contributed by atoms with E-state index in [0.29, 0.717) is 60.7 Å². The lowest BCUT2D eigenvalue weighted by atomic mass is 9.48. The van der Waals surface area contributed by atoms with Crippen LogP contribution in [0, 0.1) is 64.6 Å². The molecule has 4 aromatic rings. The smallest absolute Gasteiger partial charge is 0.396 e. The summed E-state index contributed by atoms with van der Waals surface area (Å²) < 4.78 is 116. The largest absolute Gasteiger partial charge is 0.743 e. The Hall–Kier alpha value is -4.85. The average Bonchev–Trinajstić information content (AvgIpc) is 3.79. The van der Waals surface area contributed by atoms with Gasteiger partial charge in [0.2, 0.25) is 0 Å². The first-order valence-corrected chi connectivity index (χ1v) is 31.7. The molecule has 438 valence electrons. The second-order valence-corrected chi connectivity index (χ2v) is 29.9. The van der Waals surface area contributed by atoms with Gasteiger partial charge in [0.05, 0.1) is 43.5 Å². The van der Waals surface area contributed by atoms with Gasteiger partial charge in [0.1, 0.15) is 17.0 Å². The molecule has 0 aliphatic heterocycles. The normalized spacial score (nSPS) is 35.3. The zero-order chi connectivity index (χ0) is 57.2. The number of halogens is 4.